The quantitative estimate of drug-likeness (QED) is 0.633. The molecule has 124 valence electrons. The first kappa shape index (κ1) is 16.2. The summed E-state index contributed by atoms with van der Waals surface area (Å²) >= 11 is 1.58. The van der Waals surface area contributed by atoms with Crippen molar-refractivity contribution >= 4 is 22.8 Å². The van der Waals surface area contributed by atoms with Crippen LogP contribution in [-0.4, -0.2) is 24.9 Å². The van der Waals surface area contributed by atoms with Gasteiger partial charge in [0.2, 0.25) is 0 Å². The zero-order chi connectivity index (χ0) is 16.6. The lowest BCUT2D eigenvalue weighted by atomic mass is 10.1. The Hall–Kier alpha value is -1.63. The summed E-state index contributed by atoms with van der Waals surface area (Å²) < 4.78 is 2.60. The lowest BCUT2D eigenvalue weighted by molar-refractivity contribution is 0.648. The molecule has 1 aliphatic carbocycles. The predicted octanol–water partition coefficient (Wildman–Crippen LogP) is 2.19. The molecule has 0 amide bonds. The molecule has 0 N–H and O–H groups in total. The van der Waals surface area contributed by atoms with E-state index in [1.165, 1.54) is 24.5 Å². The van der Waals surface area contributed by atoms with E-state index < -0.39 is 0 Å². The summed E-state index contributed by atoms with van der Waals surface area (Å²) in [6.45, 7) is 2.10. The molecule has 6 nitrogen and oxygen atoms in total. The van der Waals surface area contributed by atoms with Gasteiger partial charge in [0.25, 0.3) is 5.56 Å². The summed E-state index contributed by atoms with van der Waals surface area (Å²) in [4.78, 5) is 34.1. The van der Waals surface area contributed by atoms with Gasteiger partial charge in [-0.15, -0.1) is 11.8 Å². The van der Waals surface area contributed by atoms with Gasteiger partial charge < -0.3 is 0 Å². The third-order valence-electron chi connectivity index (χ3n) is 4.45. The van der Waals surface area contributed by atoms with Gasteiger partial charge in [-0.1, -0.05) is 19.8 Å². The van der Waals surface area contributed by atoms with Gasteiger partial charge >= 0.3 is 5.69 Å². The molecule has 0 atom stereocenters. The number of rotatable bonds is 4. The van der Waals surface area contributed by atoms with Gasteiger partial charge in [-0.3, -0.25) is 13.9 Å². The van der Waals surface area contributed by atoms with Crippen molar-refractivity contribution in [1.82, 2.24) is 19.1 Å². The monoisotopic (exact) mass is 334 g/mol. The number of aromatic nitrogens is 4. The van der Waals surface area contributed by atoms with Gasteiger partial charge in [0.1, 0.15) is 16.2 Å². The average molecular weight is 334 g/mol. The van der Waals surface area contributed by atoms with E-state index in [9.17, 15) is 9.59 Å². The Bertz CT molecular complexity index is 850. The lowest BCUT2D eigenvalue weighted by Crippen LogP contribution is -2.38. The van der Waals surface area contributed by atoms with Crippen LogP contribution in [0.15, 0.2) is 14.6 Å². The number of aryl methyl sites for hydroxylation is 1. The molecule has 3 rings (SSSR count). The molecular weight excluding hydrogens is 312 g/mol. The van der Waals surface area contributed by atoms with Crippen molar-refractivity contribution < 1.29 is 0 Å². The van der Waals surface area contributed by atoms with E-state index in [0.717, 1.165) is 40.4 Å². The van der Waals surface area contributed by atoms with E-state index in [0.29, 0.717) is 17.0 Å². The Labute approximate surface area is 139 Å². The second-order valence-electron chi connectivity index (χ2n) is 6.12. The van der Waals surface area contributed by atoms with Crippen molar-refractivity contribution in [3.8, 4) is 0 Å². The number of hydrogen-bond donors (Lipinski definition) is 0. The number of thioether (sulfide) groups is 1. The van der Waals surface area contributed by atoms with E-state index in [4.69, 9.17) is 4.98 Å². The Balaban J connectivity index is 2.30. The predicted molar refractivity (Wildman–Crippen MR) is 92.2 cm³/mol. The Kier molecular flexibility index (Phi) is 4.57. The van der Waals surface area contributed by atoms with E-state index >= 15 is 0 Å². The van der Waals surface area contributed by atoms with Crippen LogP contribution in [0, 0.1) is 0 Å². The number of fused-ring (bicyclic) bond motifs is 1. The summed E-state index contributed by atoms with van der Waals surface area (Å²) in [5, 5.41) is 1.18. The van der Waals surface area contributed by atoms with Crippen molar-refractivity contribution in [2.75, 3.05) is 5.75 Å². The summed E-state index contributed by atoms with van der Waals surface area (Å²) in [6, 6.07) is 0. The third kappa shape index (κ3) is 2.82. The first-order chi connectivity index (χ1) is 11.0. The normalized spacial score (nSPS) is 15.6. The van der Waals surface area contributed by atoms with Gasteiger partial charge in [0.15, 0.2) is 5.65 Å². The minimum atomic E-state index is -0.343. The van der Waals surface area contributed by atoms with Crippen LogP contribution in [0.3, 0.4) is 0 Å². The number of nitrogens with zero attached hydrogens (tertiary/aromatic N) is 4. The van der Waals surface area contributed by atoms with Crippen molar-refractivity contribution in [3.05, 3.63) is 26.7 Å². The van der Waals surface area contributed by atoms with E-state index in [1.54, 1.807) is 18.8 Å². The Morgan fingerprint density at radius 1 is 1.13 bits per heavy atom. The highest BCUT2D eigenvalue weighted by molar-refractivity contribution is 7.99. The molecule has 23 heavy (non-hydrogen) atoms. The zero-order valence-electron chi connectivity index (χ0n) is 13.8. The van der Waals surface area contributed by atoms with E-state index in [1.807, 2.05) is 0 Å². The molecular formula is C16H22N4O2S. The fourth-order valence-electron chi connectivity index (χ4n) is 3.11. The number of hydrogen-bond acceptors (Lipinski definition) is 5. The minimum absolute atomic E-state index is 0.306. The summed E-state index contributed by atoms with van der Waals surface area (Å²) in [7, 11) is 3.17. The highest BCUT2D eigenvalue weighted by Gasteiger charge is 2.24. The molecule has 1 aliphatic rings. The fourth-order valence-corrected chi connectivity index (χ4v) is 3.99. The van der Waals surface area contributed by atoms with Gasteiger partial charge in [-0.2, -0.15) is 0 Å². The largest absolute Gasteiger partial charge is 0.332 e. The molecule has 1 saturated carbocycles. The van der Waals surface area contributed by atoms with E-state index in [-0.39, 0.29) is 11.2 Å². The van der Waals surface area contributed by atoms with Gasteiger partial charge in [0, 0.05) is 20.0 Å². The molecule has 0 spiro atoms. The third-order valence-corrected chi connectivity index (χ3v) is 5.63. The van der Waals surface area contributed by atoms with Gasteiger partial charge in [-0.05, 0) is 25.0 Å². The van der Waals surface area contributed by atoms with Crippen molar-refractivity contribution in [2.24, 2.45) is 14.1 Å². The smallest absolute Gasteiger partial charge is 0.280 e. The standard InChI is InChI=1S/C16H22N4O2S/c1-4-9-23-14-11-13(19(2)16(22)20(3)15(11)21)17-12(18-14)10-7-5-6-8-10/h10H,4-9H2,1-3H3. The first-order valence-corrected chi connectivity index (χ1v) is 9.13. The van der Waals surface area contributed by atoms with Crippen LogP contribution in [-0.2, 0) is 14.1 Å². The summed E-state index contributed by atoms with van der Waals surface area (Å²) in [6.07, 6.45) is 5.56. The van der Waals surface area contributed by atoms with Crippen molar-refractivity contribution in [1.29, 1.82) is 0 Å². The molecule has 1 fully saturated rings. The molecule has 0 unspecified atom stereocenters. The molecule has 7 heteroatoms. The maximum atomic E-state index is 12.6. The fraction of sp³-hybridized carbons (Fsp3) is 0.625. The van der Waals surface area contributed by atoms with Crippen LogP contribution in [0.25, 0.3) is 11.0 Å². The van der Waals surface area contributed by atoms with Crippen LogP contribution in [0.4, 0.5) is 0 Å². The Morgan fingerprint density at radius 3 is 2.48 bits per heavy atom. The highest BCUT2D eigenvalue weighted by atomic mass is 32.2. The first-order valence-electron chi connectivity index (χ1n) is 8.15. The molecule has 0 aromatic carbocycles. The van der Waals surface area contributed by atoms with Crippen LogP contribution in [0.1, 0.15) is 50.8 Å². The topological polar surface area (TPSA) is 69.8 Å². The highest BCUT2D eigenvalue weighted by Crippen LogP contribution is 2.34. The summed E-state index contributed by atoms with van der Waals surface area (Å²) in [5.41, 5.74) is -0.182. The molecule has 0 radical (unpaired) electrons. The maximum absolute atomic E-state index is 12.6. The second-order valence-corrected chi connectivity index (χ2v) is 7.20. The van der Waals surface area contributed by atoms with Crippen molar-refractivity contribution in [2.45, 2.75) is 50.0 Å². The van der Waals surface area contributed by atoms with Gasteiger partial charge in [-0.25, -0.2) is 14.8 Å². The SMILES string of the molecule is CCCSc1nc(C2CCCC2)nc2c1c(=O)n(C)c(=O)n2C. The molecule has 0 saturated heterocycles. The second kappa shape index (κ2) is 6.47. The molecule has 2 aromatic heterocycles. The zero-order valence-corrected chi connectivity index (χ0v) is 14.7. The van der Waals surface area contributed by atoms with Crippen molar-refractivity contribution in [3.63, 3.8) is 0 Å². The molecule has 2 aromatic rings. The van der Waals surface area contributed by atoms with Crippen LogP contribution >= 0.6 is 11.8 Å². The van der Waals surface area contributed by atoms with Crippen LogP contribution in [0.5, 0.6) is 0 Å². The molecule has 2 heterocycles. The molecule has 0 aliphatic heterocycles. The van der Waals surface area contributed by atoms with Gasteiger partial charge in [0.05, 0.1) is 0 Å². The summed E-state index contributed by atoms with van der Waals surface area (Å²) in [5.74, 6) is 2.03. The minimum Gasteiger partial charge on any atom is -0.280 e. The molecule has 0 bridgehead atoms. The average Bonchev–Trinajstić information content (AvgIpc) is 3.09. The van der Waals surface area contributed by atoms with Crippen LogP contribution in [0.2, 0.25) is 0 Å². The van der Waals surface area contributed by atoms with Crippen LogP contribution < -0.4 is 11.2 Å². The van der Waals surface area contributed by atoms with E-state index in [2.05, 4.69) is 11.9 Å². The lowest BCUT2D eigenvalue weighted by Gasteiger charge is -2.14. The Morgan fingerprint density at radius 2 is 1.83 bits per heavy atom. The maximum Gasteiger partial charge on any atom is 0.332 e.